The van der Waals surface area contributed by atoms with Gasteiger partial charge >= 0.3 is 0 Å². The van der Waals surface area contributed by atoms with E-state index in [-0.39, 0.29) is 5.69 Å². The van der Waals surface area contributed by atoms with E-state index in [0.717, 1.165) is 18.5 Å². The van der Waals surface area contributed by atoms with E-state index in [4.69, 9.17) is 11.6 Å². The zero-order valence-corrected chi connectivity index (χ0v) is 11.7. The molecule has 1 aromatic carbocycles. The fourth-order valence-corrected chi connectivity index (χ4v) is 2.32. The molecule has 1 rings (SSSR count). The summed E-state index contributed by atoms with van der Waals surface area (Å²) in [6, 6.07) is 4.80. The average Bonchev–Trinajstić information content (AvgIpc) is 2.33. The summed E-state index contributed by atoms with van der Waals surface area (Å²) in [6.07, 6.45) is 2.19. The molecular weight excluding hydrogens is 252 g/mol. The highest BCUT2D eigenvalue weighted by Gasteiger charge is 2.15. The molecule has 0 saturated heterocycles. The molecule has 0 heterocycles. The van der Waals surface area contributed by atoms with Crippen molar-refractivity contribution in [2.24, 2.45) is 5.92 Å². The molecule has 1 atom stereocenters. The van der Waals surface area contributed by atoms with E-state index in [0.29, 0.717) is 17.0 Å². The Kier molecular flexibility index (Phi) is 5.41. The lowest BCUT2D eigenvalue weighted by molar-refractivity contribution is -0.384. The second-order valence-electron chi connectivity index (χ2n) is 4.43. The highest BCUT2D eigenvalue weighted by molar-refractivity contribution is 6.33. The number of benzene rings is 1. The van der Waals surface area contributed by atoms with Crippen LogP contribution in [0.5, 0.6) is 0 Å². The topological polar surface area (TPSA) is 55.2 Å². The highest BCUT2D eigenvalue weighted by atomic mass is 35.5. The first-order chi connectivity index (χ1) is 8.49. The van der Waals surface area contributed by atoms with Crippen LogP contribution < -0.4 is 5.32 Å². The molecular formula is C13H19ClN2O2. The third kappa shape index (κ3) is 3.60. The Morgan fingerprint density at radius 2 is 2.00 bits per heavy atom. The van der Waals surface area contributed by atoms with Crippen LogP contribution in [0.4, 0.5) is 11.4 Å². The summed E-state index contributed by atoms with van der Waals surface area (Å²) in [7, 11) is 0. The molecule has 1 unspecified atom stereocenters. The molecule has 0 fully saturated rings. The fraction of sp³-hybridized carbons (Fsp3) is 0.538. The molecule has 100 valence electrons. The van der Waals surface area contributed by atoms with Gasteiger partial charge in [-0.05, 0) is 18.9 Å². The van der Waals surface area contributed by atoms with Gasteiger partial charge in [-0.15, -0.1) is 0 Å². The number of non-ortho nitro benzene ring substituents is 1. The molecule has 5 heteroatoms. The van der Waals surface area contributed by atoms with Gasteiger partial charge in [0.1, 0.15) is 0 Å². The molecule has 1 N–H and O–H groups in total. The van der Waals surface area contributed by atoms with Crippen molar-refractivity contribution in [3.63, 3.8) is 0 Å². The van der Waals surface area contributed by atoms with E-state index in [1.54, 1.807) is 6.07 Å². The van der Waals surface area contributed by atoms with Gasteiger partial charge in [0.2, 0.25) is 0 Å². The predicted molar refractivity (Wildman–Crippen MR) is 75.3 cm³/mol. The van der Waals surface area contributed by atoms with Crippen molar-refractivity contribution in [1.82, 2.24) is 0 Å². The lowest BCUT2D eigenvalue weighted by Gasteiger charge is -2.24. The minimum absolute atomic E-state index is 0.0146. The van der Waals surface area contributed by atoms with Crippen LogP contribution in [-0.2, 0) is 0 Å². The third-order valence-corrected chi connectivity index (χ3v) is 3.62. The summed E-state index contributed by atoms with van der Waals surface area (Å²) in [6.45, 7) is 6.42. The van der Waals surface area contributed by atoms with Crippen LogP contribution in [0.25, 0.3) is 0 Å². The van der Waals surface area contributed by atoms with Crippen molar-refractivity contribution < 1.29 is 4.92 Å². The second kappa shape index (κ2) is 6.59. The summed E-state index contributed by atoms with van der Waals surface area (Å²) in [5.74, 6) is 0.566. The van der Waals surface area contributed by atoms with Gasteiger partial charge in [-0.2, -0.15) is 0 Å². The van der Waals surface area contributed by atoms with Gasteiger partial charge in [0.15, 0.2) is 0 Å². The number of anilines is 1. The van der Waals surface area contributed by atoms with Gasteiger partial charge in [0.05, 0.1) is 15.6 Å². The van der Waals surface area contributed by atoms with Crippen molar-refractivity contribution in [2.45, 2.75) is 39.7 Å². The van der Waals surface area contributed by atoms with Crippen LogP contribution in [0.2, 0.25) is 5.02 Å². The number of halogens is 1. The molecule has 0 bridgehead atoms. The molecule has 18 heavy (non-hydrogen) atoms. The maximum atomic E-state index is 10.6. The summed E-state index contributed by atoms with van der Waals surface area (Å²) in [4.78, 5) is 10.2. The molecule has 0 radical (unpaired) electrons. The third-order valence-electron chi connectivity index (χ3n) is 3.30. The van der Waals surface area contributed by atoms with Crippen molar-refractivity contribution in [3.8, 4) is 0 Å². The molecule has 4 nitrogen and oxygen atoms in total. The van der Waals surface area contributed by atoms with Crippen molar-refractivity contribution in [2.75, 3.05) is 5.32 Å². The zero-order valence-electron chi connectivity index (χ0n) is 10.9. The van der Waals surface area contributed by atoms with Crippen LogP contribution in [0.1, 0.15) is 33.6 Å². The van der Waals surface area contributed by atoms with Crippen LogP contribution in [-0.4, -0.2) is 11.0 Å². The average molecular weight is 271 g/mol. The lowest BCUT2D eigenvalue weighted by Crippen LogP contribution is -2.25. The summed E-state index contributed by atoms with van der Waals surface area (Å²) in [5, 5.41) is 14.3. The monoisotopic (exact) mass is 270 g/mol. The second-order valence-corrected chi connectivity index (χ2v) is 4.84. The quantitative estimate of drug-likeness (QED) is 0.612. The molecule has 0 amide bonds. The maximum absolute atomic E-state index is 10.6. The van der Waals surface area contributed by atoms with E-state index in [1.807, 2.05) is 0 Å². The molecule has 0 aromatic heterocycles. The molecule has 1 aromatic rings. The molecule has 0 spiro atoms. The Morgan fingerprint density at radius 1 is 1.39 bits per heavy atom. The van der Waals surface area contributed by atoms with Gasteiger partial charge in [-0.1, -0.05) is 38.3 Å². The first-order valence-corrected chi connectivity index (χ1v) is 6.57. The Bertz CT molecular complexity index is 419. The predicted octanol–water partition coefficient (Wildman–Crippen LogP) is 4.48. The van der Waals surface area contributed by atoms with Gasteiger partial charge in [0.25, 0.3) is 5.69 Å². The number of nitrogens with zero attached hydrogens (tertiary/aromatic N) is 1. The minimum atomic E-state index is -0.444. The SMILES string of the molecule is CCC(CC)C(C)Nc1ccc([N+](=O)[O-])cc1Cl. The van der Waals surface area contributed by atoms with E-state index in [2.05, 4.69) is 26.1 Å². The normalized spacial score (nSPS) is 12.5. The van der Waals surface area contributed by atoms with Crippen molar-refractivity contribution >= 4 is 23.0 Å². The number of rotatable bonds is 6. The first-order valence-electron chi connectivity index (χ1n) is 6.20. The Labute approximate surface area is 112 Å². The van der Waals surface area contributed by atoms with Gasteiger partial charge in [0, 0.05) is 18.2 Å². The summed E-state index contributed by atoms with van der Waals surface area (Å²) >= 11 is 6.04. The van der Waals surface area contributed by atoms with Gasteiger partial charge in [-0.25, -0.2) is 0 Å². The smallest absolute Gasteiger partial charge is 0.271 e. The fourth-order valence-electron chi connectivity index (χ4n) is 2.09. The largest absolute Gasteiger partial charge is 0.381 e. The van der Waals surface area contributed by atoms with E-state index < -0.39 is 4.92 Å². The van der Waals surface area contributed by atoms with Crippen molar-refractivity contribution in [3.05, 3.63) is 33.3 Å². The molecule has 0 saturated carbocycles. The lowest BCUT2D eigenvalue weighted by atomic mass is 9.95. The molecule has 0 aliphatic rings. The van der Waals surface area contributed by atoms with E-state index >= 15 is 0 Å². The highest BCUT2D eigenvalue weighted by Crippen LogP contribution is 2.28. The maximum Gasteiger partial charge on any atom is 0.271 e. The minimum Gasteiger partial charge on any atom is -0.381 e. The number of hydrogen-bond acceptors (Lipinski definition) is 3. The number of nitro benzene ring substituents is 1. The van der Waals surface area contributed by atoms with Crippen LogP contribution in [0.15, 0.2) is 18.2 Å². The molecule has 0 aliphatic carbocycles. The Morgan fingerprint density at radius 3 is 2.44 bits per heavy atom. The number of nitrogens with one attached hydrogen (secondary N) is 1. The summed E-state index contributed by atoms with van der Waals surface area (Å²) in [5.41, 5.74) is 0.766. The first kappa shape index (κ1) is 14.8. The Balaban J connectivity index is 2.82. The summed E-state index contributed by atoms with van der Waals surface area (Å²) < 4.78 is 0. The van der Waals surface area contributed by atoms with E-state index in [9.17, 15) is 10.1 Å². The van der Waals surface area contributed by atoms with Crippen molar-refractivity contribution in [1.29, 1.82) is 0 Å². The number of hydrogen-bond donors (Lipinski definition) is 1. The Hall–Kier alpha value is -1.29. The standard InChI is InChI=1S/C13H19ClN2O2/c1-4-10(5-2)9(3)15-13-7-6-11(16(17)18)8-12(13)14/h6-10,15H,4-5H2,1-3H3. The number of nitro groups is 1. The van der Waals surface area contributed by atoms with Crippen LogP contribution in [0, 0.1) is 16.0 Å². The van der Waals surface area contributed by atoms with Crippen LogP contribution >= 0.6 is 11.6 Å². The van der Waals surface area contributed by atoms with Gasteiger partial charge in [-0.3, -0.25) is 10.1 Å². The zero-order chi connectivity index (χ0) is 13.7. The van der Waals surface area contributed by atoms with Gasteiger partial charge < -0.3 is 5.32 Å². The van der Waals surface area contributed by atoms with Crippen LogP contribution in [0.3, 0.4) is 0 Å². The van der Waals surface area contributed by atoms with E-state index in [1.165, 1.54) is 12.1 Å². The molecule has 0 aliphatic heterocycles.